The minimum atomic E-state index is -3.28. The molecular formula is C18H27ClN2O3S. The Kier molecular flexibility index (Phi) is 6.38. The second-order valence-electron chi connectivity index (χ2n) is 7.68. The summed E-state index contributed by atoms with van der Waals surface area (Å²) in [5, 5.41) is 3.14. The molecule has 0 spiro atoms. The highest BCUT2D eigenvalue weighted by Gasteiger charge is 2.26. The van der Waals surface area contributed by atoms with Gasteiger partial charge in [0.15, 0.2) is 0 Å². The van der Waals surface area contributed by atoms with Crippen molar-refractivity contribution >= 4 is 33.2 Å². The number of sulfonamides is 1. The van der Waals surface area contributed by atoms with Crippen molar-refractivity contribution in [2.45, 2.75) is 46.5 Å². The van der Waals surface area contributed by atoms with Crippen LogP contribution in [0.2, 0.25) is 5.02 Å². The van der Waals surface area contributed by atoms with Crippen molar-refractivity contribution < 1.29 is 13.2 Å². The van der Waals surface area contributed by atoms with Crippen molar-refractivity contribution in [3.63, 3.8) is 0 Å². The number of amides is 1. The van der Waals surface area contributed by atoms with Gasteiger partial charge in [0.2, 0.25) is 10.0 Å². The van der Waals surface area contributed by atoms with Gasteiger partial charge in [-0.05, 0) is 49.3 Å². The van der Waals surface area contributed by atoms with Crippen LogP contribution in [0, 0.1) is 5.41 Å². The number of carbonyl (C=O) groups is 1. The number of hydrogen-bond donors (Lipinski definition) is 1. The number of nitrogens with zero attached hydrogens (tertiary/aromatic N) is 1. The second kappa shape index (κ2) is 7.96. The number of halogens is 1. The maximum Gasteiger partial charge on any atom is 0.252 e. The standard InChI is InChI=1S/C18H27ClN2O3S/c1-18(2,3)9-6-10-20-17(22)15-8-7-14(13-16(15)19)21-11-4-5-12-25(21,23)24/h7-8,13H,4-6,9-12H2,1-3H3,(H,20,22). The molecule has 0 aromatic heterocycles. The van der Waals surface area contributed by atoms with Gasteiger partial charge in [-0.3, -0.25) is 9.10 Å². The molecule has 5 nitrogen and oxygen atoms in total. The third-order valence-electron chi connectivity index (χ3n) is 4.22. The Balaban J connectivity index is 2.02. The molecule has 0 aliphatic carbocycles. The predicted octanol–water partition coefficient (Wildman–Crippen LogP) is 3.83. The Bertz CT molecular complexity index is 726. The van der Waals surface area contributed by atoms with Gasteiger partial charge in [0.05, 0.1) is 22.0 Å². The van der Waals surface area contributed by atoms with Crippen LogP contribution in [0.15, 0.2) is 18.2 Å². The van der Waals surface area contributed by atoms with Crippen molar-refractivity contribution in [3.05, 3.63) is 28.8 Å². The summed E-state index contributed by atoms with van der Waals surface area (Å²) in [5.74, 6) is -0.0763. The van der Waals surface area contributed by atoms with Gasteiger partial charge in [-0.1, -0.05) is 32.4 Å². The Labute approximate surface area is 155 Å². The molecule has 0 saturated carbocycles. The number of carbonyl (C=O) groups excluding carboxylic acids is 1. The summed E-state index contributed by atoms with van der Waals surface area (Å²) < 4.78 is 25.7. The van der Waals surface area contributed by atoms with Gasteiger partial charge < -0.3 is 5.32 Å². The van der Waals surface area contributed by atoms with Gasteiger partial charge in [0.1, 0.15) is 0 Å². The largest absolute Gasteiger partial charge is 0.352 e. The molecule has 1 amide bonds. The van der Waals surface area contributed by atoms with Crippen LogP contribution in [0.5, 0.6) is 0 Å². The molecule has 1 aromatic carbocycles. The van der Waals surface area contributed by atoms with Crippen molar-refractivity contribution in [1.82, 2.24) is 5.32 Å². The third-order valence-corrected chi connectivity index (χ3v) is 6.41. The summed E-state index contributed by atoms with van der Waals surface area (Å²) in [6, 6.07) is 4.81. The Morgan fingerprint density at radius 3 is 2.60 bits per heavy atom. The molecule has 25 heavy (non-hydrogen) atoms. The van der Waals surface area contributed by atoms with Crippen LogP contribution >= 0.6 is 11.6 Å². The van der Waals surface area contributed by atoms with E-state index in [1.165, 1.54) is 4.31 Å². The molecule has 2 rings (SSSR count). The summed E-state index contributed by atoms with van der Waals surface area (Å²) in [4.78, 5) is 12.3. The predicted molar refractivity (Wildman–Crippen MR) is 103 cm³/mol. The number of hydrogen-bond acceptors (Lipinski definition) is 3. The molecule has 1 aromatic rings. The van der Waals surface area contributed by atoms with Gasteiger partial charge in [0, 0.05) is 13.1 Å². The van der Waals surface area contributed by atoms with Crippen molar-refractivity contribution in [2.75, 3.05) is 23.1 Å². The molecule has 7 heteroatoms. The first-order valence-electron chi connectivity index (χ1n) is 8.68. The minimum Gasteiger partial charge on any atom is -0.352 e. The van der Waals surface area contributed by atoms with E-state index in [9.17, 15) is 13.2 Å². The molecular weight excluding hydrogens is 360 g/mol. The van der Waals surface area contributed by atoms with Gasteiger partial charge in [-0.2, -0.15) is 0 Å². The van der Waals surface area contributed by atoms with Crippen molar-refractivity contribution in [3.8, 4) is 0 Å². The van der Waals surface area contributed by atoms with E-state index in [0.29, 0.717) is 30.8 Å². The van der Waals surface area contributed by atoms with E-state index in [-0.39, 0.29) is 22.1 Å². The van der Waals surface area contributed by atoms with Crippen molar-refractivity contribution in [1.29, 1.82) is 0 Å². The zero-order valence-corrected chi connectivity index (χ0v) is 16.7. The highest BCUT2D eigenvalue weighted by atomic mass is 35.5. The number of nitrogens with one attached hydrogen (secondary N) is 1. The number of benzene rings is 1. The molecule has 140 valence electrons. The lowest BCUT2D eigenvalue weighted by Gasteiger charge is -2.28. The maximum absolute atomic E-state index is 12.3. The van der Waals surface area contributed by atoms with E-state index < -0.39 is 10.0 Å². The molecule has 0 unspecified atom stereocenters. The quantitative estimate of drug-likeness (QED) is 0.782. The number of anilines is 1. The van der Waals surface area contributed by atoms with E-state index in [2.05, 4.69) is 26.1 Å². The van der Waals surface area contributed by atoms with Crippen LogP contribution in [0.3, 0.4) is 0 Å². The molecule has 0 radical (unpaired) electrons. The lowest BCUT2D eigenvalue weighted by atomic mass is 9.91. The first-order chi connectivity index (χ1) is 11.6. The van der Waals surface area contributed by atoms with Crippen LogP contribution in [0.4, 0.5) is 5.69 Å². The Hall–Kier alpha value is -1.27. The molecule has 0 atom stereocenters. The van der Waals surface area contributed by atoms with E-state index in [1.807, 2.05) is 0 Å². The third kappa shape index (κ3) is 5.61. The second-order valence-corrected chi connectivity index (χ2v) is 10.1. The number of rotatable bonds is 5. The highest BCUT2D eigenvalue weighted by molar-refractivity contribution is 7.92. The van der Waals surface area contributed by atoms with Gasteiger partial charge in [0.25, 0.3) is 5.91 Å². The summed E-state index contributed by atoms with van der Waals surface area (Å²) in [7, 11) is -3.28. The van der Waals surface area contributed by atoms with E-state index in [4.69, 9.17) is 11.6 Å². The zero-order chi connectivity index (χ0) is 18.7. The van der Waals surface area contributed by atoms with Crippen LogP contribution < -0.4 is 9.62 Å². The first-order valence-corrected chi connectivity index (χ1v) is 10.7. The summed E-state index contributed by atoms with van der Waals surface area (Å²) >= 11 is 6.24. The van der Waals surface area contributed by atoms with Crippen LogP contribution in [0.1, 0.15) is 56.8 Å². The fourth-order valence-electron chi connectivity index (χ4n) is 2.84. The monoisotopic (exact) mass is 386 g/mol. The topological polar surface area (TPSA) is 66.5 Å². The van der Waals surface area contributed by atoms with Gasteiger partial charge in [-0.25, -0.2) is 8.42 Å². The Morgan fingerprint density at radius 1 is 1.28 bits per heavy atom. The average Bonchev–Trinajstić information content (AvgIpc) is 2.50. The summed E-state index contributed by atoms with van der Waals surface area (Å²) in [6.45, 7) is 7.54. The first kappa shape index (κ1) is 20.0. The van der Waals surface area contributed by atoms with Gasteiger partial charge >= 0.3 is 0 Å². The molecule has 1 aliphatic rings. The van der Waals surface area contributed by atoms with Gasteiger partial charge in [-0.15, -0.1) is 0 Å². The SMILES string of the molecule is CC(C)(C)CCCNC(=O)c1ccc(N2CCCCS2(=O)=O)cc1Cl. The summed E-state index contributed by atoms with van der Waals surface area (Å²) in [5.41, 5.74) is 1.13. The minimum absolute atomic E-state index is 0.153. The fourth-order valence-corrected chi connectivity index (χ4v) is 4.73. The van der Waals surface area contributed by atoms with E-state index in [1.54, 1.807) is 18.2 Å². The Morgan fingerprint density at radius 2 is 2.00 bits per heavy atom. The molecule has 1 saturated heterocycles. The van der Waals surface area contributed by atoms with Crippen LogP contribution in [-0.2, 0) is 10.0 Å². The highest BCUT2D eigenvalue weighted by Crippen LogP contribution is 2.28. The van der Waals surface area contributed by atoms with E-state index in [0.717, 1.165) is 19.3 Å². The fraction of sp³-hybridized carbons (Fsp3) is 0.611. The summed E-state index contributed by atoms with van der Waals surface area (Å²) in [6.07, 6.45) is 3.43. The van der Waals surface area contributed by atoms with Crippen LogP contribution in [0.25, 0.3) is 0 Å². The van der Waals surface area contributed by atoms with Crippen LogP contribution in [-0.4, -0.2) is 33.2 Å². The lowest BCUT2D eigenvalue weighted by Crippen LogP contribution is -2.37. The lowest BCUT2D eigenvalue weighted by molar-refractivity contribution is 0.0951. The normalized spacial score (nSPS) is 17.4. The average molecular weight is 387 g/mol. The molecule has 1 aliphatic heterocycles. The zero-order valence-electron chi connectivity index (χ0n) is 15.1. The molecule has 1 N–H and O–H groups in total. The molecule has 1 heterocycles. The smallest absolute Gasteiger partial charge is 0.252 e. The van der Waals surface area contributed by atoms with E-state index >= 15 is 0 Å². The molecule has 1 fully saturated rings. The van der Waals surface area contributed by atoms with Crippen molar-refractivity contribution in [2.24, 2.45) is 5.41 Å². The maximum atomic E-state index is 12.3. The molecule has 0 bridgehead atoms.